The van der Waals surface area contributed by atoms with Crippen molar-refractivity contribution in [3.05, 3.63) is 34.9 Å². The van der Waals surface area contributed by atoms with Crippen LogP contribution in [0.2, 0.25) is 5.02 Å². The second kappa shape index (κ2) is 5.85. The Morgan fingerprint density at radius 1 is 1.47 bits per heavy atom. The highest BCUT2D eigenvalue weighted by Crippen LogP contribution is 2.20. The summed E-state index contributed by atoms with van der Waals surface area (Å²) in [5.74, 6) is 0. The van der Waals surface area contributed by atoms with Crippen molar-refractivity contribution < 1.29 is 4.74 Å². The second-order valence-corrected chi connectivity index (χ2v) is 5.27. The number of halogens is 1. The molecule has 3 unspecified atom stereocenters. The van der Waals surface area contributed by atoms with Gasteiger partial charge in [0.15, 0.2) is 0 Å². The van der Waals surface area contributed by atoms with E-state index in [1.807, 2.05) is 18.2 Å². The van der Waals surface area contributed by atoms with E-state index in [0.717, 1.165) is 18.0 Å². The molecule has 1 aromatic rings. The lowest BCUT2D eigenvalue weighted by atomic mass is 10.1. The lowest BCUT2D eigenvalue weighted by molar-refractivity contribution is 0.0546. The first kappa shape index (κ1) is 12.9. The lowest BCUT2D eigenvalue weighted by Gasteiger charge is -2.18. The summed E-state index contributed by atoms with van der Waals surface area (Å²) in [6.45, 7) is 5.21. The Balaban J connectivity index is 1.83. The molecule has 0 spiro atoms. The summed E-state index contributed by atoms with van der Waals surface area (Å²) in [5.41, 5.74) is 1.23. The Hall–Kier alpha value is -0.570. The minimum atomic E-state index is 0.313. The van der Waals surface area contributed by atoms with Crippen molar-refractivity contribution in [1.82, 2.24) is 5.32 Å². The van der Waals surface area contributed by atoms with Crippen molar-refractivity contribution >= 4 is 11.6 Å². The van der Waals surface area contributed by atoms with Gasteiger partial charge in [0.05, 0.1) is 12.2 Å². The standard InChI is InChI=1S/C14H20ClNO/c1-10-6-7-14(17-10)9-16-11(2)12-4-3-5-13(15)8-12/h3-5,8,10-11,14,16H,6-7,9H2,1-2H3. The second-order valence-electron chi connectivity index (χ2n) is 4.83. The first-order valence-corrected chi connectivity index (χ1v) is 6.67. The molecule has 1 aliphatic rings. The van der Waals surface area contributed by atoms with E-state index in [9.17, 15) is 0 Å². The first-order chi connectivity index (χ1) is 8.15. The highest BCUT2D eigenvalue weighted by molar-refractivity contribution is 6.30. The maximum absolute atomic E-state index is 5.98. The quantitative estimate of drug-likeness (QED) is 0.886. The highest BCUT2D eigenvalue weighted by Gasteiger charge is 2.21. The van der Waals surface area contributed by atoms with Crippen molar-refractivity contribution in [2.24, 2.45) is 0 Å². The van der Waals surface area contributed by atoms with Gasteiger partial charge in [0.2, 0.25) is 0 Å². The number of hydrogen-bond donors (Lipinski definition) is 1. The van der Waals surface area contributed by atoms with Crippen LogP contribution >= 0.6 is 11.6 Å². The average molecular weight is 254 g/mol. The van der Waals surface area contributed by atoms with Crippen molar-refractivity contribution in [2.45, 2.75) is 44.9 Å². The van der Waals surface area contributed by atoms with Gasteiger partial charge in [0.1, 0.15) is 0 Å². The molecule has 1 saturated heterocycles. The molecule has 0 bridgehead atoms. The average Bonchev–Trinajstić information content (AvgIpc) is 2.72. The Morgan fingerprint density at radius 2 is 2.29 bits per heavy atom. The zero-order valence-corrected chi connectivity index (χ0v) is 11.2. The van der Waals surface area contributed by atoms with Gasteiger partial charge in [-0.2, -0.15) is 0 Å². The summed E-state index contributed by atoms with van der Waals surface area (Å²) in [5, 5.41) is 4.30. The summed E-state index contributed by atoms with van der Waals surface area (Å²) in [4.78, 5) is 0. The zero-order chi connectivity index (χ0) is 12.3. The number of nitrogens with one attached hydrogen (secondary N) is 1. The third-order valence-electron chi connectivity index (χ3n) is 3.32. The Labute approximate surface area is 108 Å². The molecular formula is C14H20ClNO. The molecule has 2 rings (SSSR count). The molecule has 0 radical (unpaired) electrons. The van der Waals surface area contributed by atoms with Crippen molar-refractivity contribution in [3.63, 3.8) is 0 Å². The van der Waals surface area contributed by atoms with Crippen LogP contribution in [0.3, 0.4) is 0 Å². The molecular weight excluding hydrogens is 234 g/mol. The number of hydrogen-bond acceptors (Lipinski definition) is 2. The van der Waals surface area contributed by atoms with Gasteiger partial charge < -0.3 is 10.1 Å². The molecule has 1 heterocycles. The van der Waals surface area contributed by atoms with Crippen LogP contribution in [-0.2, 0) is 4.74 Å². The van der Waals surface area contributed by atoms with E-state index in [1.165, 1.54) is 12.0 Å². The fraction of sp³-hybridized carbons (Fsp3) is 0.571. The van der Waals surface area contributed by atoms with Crippen molar-refractivity contribution in [1.29, 1.82) is 0 Å². The third-order valence-corrected chi connectivity index (χ3v) is 3.56. The Morgan fingerprint density at radius 3 is 2.94 bits per heavy atom. The predicted octanol–water partition coefficient (Wildman–Crippen LogP) is 3.56. The monoisotopic (exact) mass is 253 g/mol. The van der Waals surface area contributed by atoms with Gasteiger partial charge in [-0.3, -0.25) is 0 Å². The molecule has 1 aliphatic heterocycles. The number of benzene rings is 1. The smallest absolute Gasteiger partial charge is 0.0704 e. The van der Waals surface area contributed by atoms with Crippen LogP contribution < -0.4 is 5.32 Å². The molecule has 0 saturated carbocycles. The third kappa shape index (κ3) is 3.70. The van der Waals surface area contributed by atoms with Gasteiger partial charge in [-0.25, -0.2) is 0 Å². The van der Waals surface area contributed by atoms with E-state index in [2.05, 4.69) is 25.2 Å². The molecule has 3 atom stereocenters. The van der Waals surface area contributed by atoms with Crippen LogP contribution in [0.15, 0.2) is 24.3 Å². The Kier molecular flexibility index (Phi) is 4.43. The topological polar surface area (TPSA) is 21.3 Å². The molecule has 2 nitrogen and oxygen atoms in total. The molecule has 3 heteroatoms. The summed E-state index contributed by atoms with van der Waals surface area (Å²) in [7, 11) is 0. The molecule has 17 heavy (non-hydrogen) atoms. The summed E-state index contributed by atoms with van der Waals surface area (Å²) in [6.07, 6.45) is 3.13. The van der Waals surface area contributed by atoms with E-state index < -0.39 is 0 Å². The van der Waals surface area contributed by atoms with E-state index in [-0.39, 0.29) is 0 Å². The van der Waals surface area contributed by atoms with Crippen molar-refractivity contribution in [2.75, 3.05) is 6.54 Å². The Bertz CT molecular complexity index is 369. The highest BCUT2D eigenvalue weighted by atomic mass is 35.5. The zero-order valence-electron chi connectivity index (χ0n) is 10.4. The molecule has 1 N–H and O–H groups in total. The molecule has 1 fully saturated rings. The maximum atomic E-state index is 5.98. The van der Waals surface area contributed by atoms with Gasteiger partial charge in [-0.15, -0.1) is 0 Å². The molecule has 94 valence electrons. The molecule has 0 aromatic heterocycles. The van der Waals surface area contributed by atoms with Crippen LogP contribution in [0.25, 0.3) is 0 Å². The minimum Gasteiger partial charge on any atom is -0.374 e. The van der Waals surface area contributed by atoms with Crippen molar-refractivity contribution in [3.8, 4) is 0 Å². The van der Waals surface area contributed by atoms with Gasteiger partial charge in [0.25, 0.3) is 0 Å². The SMILES string of the molecule is CC1CCC(CNC(C)c2cccc(Cl)c2)O1. The fourth-order valence-corrected chi connectivity index (χ4v) is 2.44. The van der Waals surface area contributed by atoms with Crippen LogP contribution in [0.4, 0.5) is 0 Å². The van der Waals surface area contributed by atoms with Crippen LogP contribution in [0.1, 0.15) is 38.3 Å². The van der Waals surface area contributed by atoms with Crippen LogP contribution in [-0.4, -0.2) is 18.8 Å². The number of rotatable bonds is 4. The van der Waals surface area contributed by atoms with E-state index in [1.54, 1.807) is 0 Å². The molecule has 0 aliphatic carbocycles. The number of ether oxygens (including phenoxy) is 1. The lowest BCUT2D eigenvalue weighted by Crippen LogP contribution is -2.29. The van der Waals surface area contributed by atoms with Crippen LogP contribution in [0, 0.1) is 0 Å². The normalized spacial score (nSPS) is 26.1. The van der Waals surface area contributed by atoms with Gasteiger partial charge >= 0.3 is 0 Å². The van der Waals surface area contributed by atoms with E-state index >= 15 is 0 Å². The summed E-state index contributed by atoms with van der Waals surface area (Å²) < 4.78 is 5.78. The summed E-state index contributed by atoms with van der Waals surface area (Å²) >= 11 is 5.98. The minimum absolute atomic E-state index is 0.313. The van der Waals surface area contributed by atoms with E-state index in [4.69, 9.17) is 16.3 Å². The maximum Gasteiger partial charge on any atom is 0.0704 e. The molecule has 1 aromatic carbocycles. The largest absolute Gasteiger partial charge is 0.374 e. The van der Waals surface area contributed by atoms with Gasteiger partial charge in [-0.05, 0) is 44.4 Å². The fourth-order valence-electron chi connectivity index (χ4n) is 2.24. The van der Waals surface area contributed by atoms with Gasteiger partial charge in [-0.1, -0.05) is 23.7 Å². The molecule has 0 amide bonds. The predicted molar refractivity (Wildman–Crippen MR) is 71.4 cm³/mol. The first-order valence-electron chi connectivity index (χ1n) is 6.29. The van der Waals surface area contributed by atoms with E-state index in [0.29, 0.717) is 18.2 Å². The van der Waals surface area contributed by atoms with Crippen LogP contribution in [0.5, 0.6) is 0 Å². The summed E-state index contributed by atoms with van der Waals surface area (Å²) in [6, 6.07) is 8.32. The van der Waals surface area contributed by atoms with Gasteiger partial charge in [0, 0.05) is 17.6 Å².